The van der Waals surface area contributed by atoms with E-state index in [-0.39, 0.29) is 24.5 Å². The van der Waals surface area contributed by atoms with E-state index in [0.717, 1.165) is 0 Å². The lowest BCUT2D eigenvalue weighted by molar-refractivity contribution is -0.123. The summed E-state index contributed by atoms with van der Waals surface area (Å²) in [5.41, 5.74) is -0.619. The second kappa shape index (κ2) is 8.70. The Morgan fingerprint density at radius 3 is 2.46 bits per heavy atom. The van der Waals surface area contributed by atoms with Crippen molar-refractivity contribution in [3.63, 3.8) is 0 Å². The Morgan fingerprint density at radius 1 is 1.23 bits per heavy atom. The van der Waals surface area contributed by atoms with Crippen LogP contribution in [-0.2, 0) is 14.3 Å². The highest BCUT2D eigenvalue weighted by Gasteiger charge is 2.37. The molecule has 2 N–H and O–H groups in total. The van der Waals surface area contributed by atoms with Gasteiger partial charge in [-0.15, -0.1) is 0 Å². The second-order valence-corrected chi connectivity index (χ2v) is 8.01. The maximum absolute atomic E-state index is 12.1. The van der Waals surface area contributed by atoms with Crippen LogP contribution < -0.4 is 5.32 Å². The van der Waals surface area contributed by atoms with Crippen molar-refractivity contribution in [3.8, 4) is 0 Å². The number of Topliss-reactive ketones (excluding diaryl/α,β-unsaturated/α-hetero) is 1. The summed E-state index contributed by atoms with van der Waals surface area (Å²) in [5.74, 6) is 0.249. The average molecular weight is 370 g/mol. The topological polar surface area (TPSA) is 105 Å². The Hall–Kier alpha value is -1.83. The number of amides is 2. The third-order valence-electron chi connectivity index (χ3n) is 4.72. The Balaban J connectivity index is 1.98. The third kappa shape index (κ3) is 6.16. The molecule has 26 heavy (non-hydrogen) atoms. The number of carbonyl (C=O) groups is 3. The van der Waals surface area contributed by atoms with Crippen molar-refractivity contribution < 1.29 is 29.0 Å². The number of alkyl carbamates (subject to hydrolysis) is 1. The molecule has 2 amide bonds. The van der Waals surface area contributed by atoms with E-state index in [9.17, 15) is 19.5 Å². The van der Waals surface area contributed by atoms with Gasteiger partial charge in [0, 0.05) is 19.4 Å². The Kier molecular flexibility index (Phi) is 6.86. The molecule has 8 heteroatoms. The summed E-state index contributed by atoms with van der Waals surface area (Å²) >= 11 is 0. The number of piperidine rings is 1. The number of ketones is 1. The quantitative estimate of drug-likeness (QED) is 0.788. The van der Waals surface area contributed by atoms with Crippen LogP contribution in [0.1, 0.15) is 59.3 Å². The van der Waals surface area contributed by atoms with Gasteiger partial charge in [0.05, 0.1) is 24.8 Å². The minimum atomic E-state index is -1.02. The van der Waals surface area contributed by atoms with Crippen LogP contribution in [0.15, 0.2) is 0 Å². The van der Waals surface area contributed by atoms with Crippen molar-refractivity contribution in [3.05, 3.63) is 0 Å². The molecule has 0 aromatic heterocycles. The molecule has 0 aromatic rings. The molecule has 1 heterocycles. The standard InChI is InChI=1S/C18H30N2O6/c1-18(2,3)26-16(22)19-14-5-4-10-20(17(23)24)15(14)11-25-13-8-6-12(21)7-9-13/h13-15H,4-11H2,1-3H3,(H,19,22)(H,23,24)/t14-,15-/m0/s1. The molecule has 0 radical (unpaired) electrons. The second-order valence-electron chi connectivity index (χ2n) is 8.01. The molecular formula is C18H30N2O6. The lowest BCUT2D eigenvalue weighted by Crippen LogP contribution is -2.59. The van der Waals surface area contributed by atoms with E-state index >= 15 is 0 Å². The molecule has 0 aromatic carbocycles. The monoisotopic (exact) mass is 370 g/mol. The van der Waals surface area contributed by atoms with Crippen LogP contribution in [0.25, 0.3) is 0 Å². The van der Waals surface area contributed by atoms with Gasteiger partial charge in [0.1, 0.15) is 11.4 Å². The maximum Gasteiger partial charge on any atom is 0.407 e. The first-order chi connectivity index (χ1) is 12.2. The molecule has 0 unspecified atom stereocenters. The predicted octanol–water partition coefficient (Wildman–Crippen LogP) is 2.55. The average Bonchev–Trinajstić information content (AvgIpc) is 2.53. The van der Waals surface area contributed by atoms with E-state index < -0.39 is 23.8 Å². The SMILES string of the molecule is CC(C)(C)OC(=O)N[C@H]1CCCN(C(=O)O)[C@H]1COC1CCC(=O)CC1. The fourth-order valence-corrected chi connectivity index (χ4v) is 3.44. The molecule has 1 aliphatic carbocycles. The van der Waals surface area contributed by atoms with Gasteiger partial charge in [-0.25, -0.2) is 9.59 Å². The molecule has 2 fully saturated rings. The fraction of sp³-hybridized carbons (Fsp3) is 0.833. The van der Waals surface area contributed by atoms with E-state index in [1.165, 1.54) is 4.90 Å². The van der Waals surface area contributed by atoms with E-state index in [1.54, 1.807) is 20.8 Å². The summed E-state index contributed by atoms with van der Waals surface area (Å²) in [7, 11) is 0. The van der Waals surface area contributed by atoms with Crippen molar-refractivity contribution in [2.24, 2.45) is 0 Å². The molecule has 8 nitrogen and oxygen atoms in total. The van der Waals surface area contributed by atoms with Gasteiger partial charge in [0.15, 0.2) is 0 Å². The number of likely N-dealkylation sites (tertiary alicyclic amines) is 1. The third-order valence-corrected chi connectivity index (χ3v) is 4.72. The molecule has 1 aliphatic heterocycles. The highest BCUT2D eigenvalue weighted by atomic mass is 16.6. The Morgan fingerprint density at radius 2 is 1.88 bits per heavy atom. The number of nitrogens with one attached hydrogen (secondary N) is 1. The molecule has 2 aliphatic rings. The number of nitrogens with zero attached hydrogens (tertiary/aromatic N) is 1. The number of hydrogen-bond donors (Lipinski definition) is 2. The van der Waals surface area contributed by atoms with Gasteiger partial charge < -0.3 is 24.8 Å². The summed E-state index contributed by atoms with van der Waals surface area (Å²) in [4.78, 5) is 36.4. The first-order valence-corrected chi connectivity index (χ1v) is 9.28. The van der Waals surface area contributed by atoms with Gasteiger partial charge in [-0.1, -0.05) is 0 Å². The van der Waals surface area contributed by atoms with Crippen LogP contribution in [0.2, 0.25) is 0 Å². The van der Waals surface area contributed by atoms with E-state index in [2.05, 4.69) is 5.32 Å². The van der Waals surface area contributed by atoms with Gasteiger partial charge >= 0.3 is 12.2 Å². The summed E-state index contributed by atoms with van der Waals surface area (Å²) in [6.07, 6.45) is 2.09. The molecule has 148 valence electrons. The Bertz CT molecular complexity index is 520. The minimum absolute atomic E-state index is 0.0348. The smallest absolute Gasteiger partial charge is 0.407 e. The number of ether oxygens (including phenoxy) is 2. The predicted molar refractivity (Wildman–Crippen MR) is 94.1 cm³/mol. The van der Waals surface area contributed by atoms with Crippen molar-refractivity contribution in [1.29, 1.82) is 0 Å². The fourth-order valence-electron chi connectivity index (χ4n) is 3.44. The lowest BCUT2D eigenvalue weighted by atomic mass is 9.95. The van der Waals surface area contributed by atoms with Gasteiger partial charge in [-0.3, -0.25) is 4.79 Å². The van der Waals surface area contributed by atoms with Gasteiger partial charge in [-0.05, 0) is 46.5 Å². The summed E-state index contributed by atoms with van der Waals surface area (Å²) < 4.78 is 11.2. The number of carboxylic acid groups (broad SMARTS) is 1. The van der Waals surface area contributed by atoms with Crippen LogP contribution >= 0.6 is 0 Å². The highest BCUT2D eigenvalue weighted by molar-refractivity contribution is 5.79. The molecule has 2 rings (SSSR count). The molecule has 0 bridgehead atoms. The first-order valence-electron chi connectivity index (χ1n) is 9.28. The first kappa shape index (κ1) is 20.5. The van der Waals surface area contributed by atoms with Crippen molar-refractivity contribution >= 4 is 18.0 Å². The number of hydrogen-bond acceptors (Lipinski definition) is 5. The zero-order valence-corrected chi connectivity index (χ0v) is 15.8. The Labute approximate surface area is 154 Å². The lowest BCUT2D eigenvalue weighted by Gasteiger charge is -2.40. The molecule has 0 spiro atoms. The maximum atomic E-state index is 12.1. The van der Waals surface area contributed by atoms with Crippen molar-refractivity contribution in [2.45, 2.75) is 83.1 Å². The molecule has 1 saturated carbocycles. The van der Waals surface area contributed by atoms with Crippen LogP contribution in [0.4, 0.5) is 9.59 Å². The zero-order valence-electron chi connectivity index (χ0n) is 15.8. The van der Waals surface area contributed by atoms with Crippen molar-refractivity contribution in [1.82, 2.24) is 10.2 Å². The van der Waals surface area contributed by atoms with E-state index in [1.807, 2.05) is 0 Å². The zero-order chi connectivity index (χ0) is 19.3. The van der Waals surface area contributed by atoms with Crippen LogP contribution in [0, 0.1) is 0 Å². The van der Waals surface area contributed by atoms with E-state index in [4.69, 9.17) is 9.47 Å². The van der Waals surface area contributed by atoms with Crippen LogP contribution in [0.3, 0.4) is 0 Å². The molecule has 1 saturated heterocycles. The van der Waals surface area contributed by atoms with Crippen LogP contribution in [-0.4, -0.2) is 64.9 Å². The molecule has 2 atom stereocenters. The minimum Gasteiger partial charge on any atom is -0.465 e. The number of rotatable bonds is 4. The van der Waals surface area contributed by atoms with Crippen molar-refractivity contribution in [2.75, 3.05) is 13.2 Å². The van der Waals surface area contributed by atoms with Gasteiger partial charge in [0.25, 0.3) is 0 Å². The highest BCUT2D eigenvalue weighted by Crippen LogP contribution is 2.23. The largest absolute Gasteiger partial charge is 0.465 e. The normalized spacial score (nSPS) is 25.0. The number of carbonyl (C=O) groups excluding carboxylic acids is 2. The van der Waals surface area contributed by atoms with Gasteiger partial charge in [-0.2, -0.15) is 0 Å². The summed E-state index contributed by atoms with van der Waals surface area (Å²) in [6, 6.07) is -0.827. The summed E-state index contributed by atoms with van der Waals surface area (Å²) in [6.45, 7) is 5.95. The summed E-state index contributed by atoms with van der Waals surface area (Å²) in [5, 5.41) is 12.3. The van der Waals surface area contributed by atoms with E-state index in [0.29, 0.717) is 45.1 Å². The van der Waals surface area contributed by atoms with Crippen LogP contribution in [0.5, 0.6) is 0 Å². The molecular weight excluding hydrogens is 340 g/mol. The van der Waals surface area contributed by atoms with Gasteiger partial charge in [0.2, 0.25) is 0 Å².